The number of nitrogens with one attached hydrogen (secondary N) is 1. The highest BCUT2D eigenvalue weighted by molar-refractivity contribution is 5.75. The summed E-state index contributed by atoms with van der Waals surface area (Å²) < 4.78 is 5.51. The molecule has 0 aliphatic heterocycles. The van der Waals surface area contributed by atoms with Crippen LogP contribution in [0.15, 0.2) is 34.9 Å². The molecular formula is C22H31N3O3. The molecule has 3 rings (SSSR count). The molecule has 0 saturated heterocycles. The fourth-order valence-corrected chi connectivity index (χ4v) is 4.09. The van der Waals surface area contributed by atoms with Crippen LogP contribution in [0.3, 0.4) is 0 Å². The Morgan fingerprint density at radius 3 is 2.93 bits per heavy atom. The van der Waals surface area contributed by atoms with Crippen molar-refractivity contribution >= 4 is 11.5 Å². The van der Waals surface area contributed by atoms with Crippen LogP contribution in [-0.4, -0.2) is 21.3 Å². The van der Waals surface area contributed by atoms with Gasteiger partial charge in [0.2, 0.25) is 17.6 Å². The second-order valence-electron chi connectivity index (χ2n) is 8.05. The quantitative estimate of drug-likeness (QED) is 0.488. The highest BCUT2D eigenvalue weighted by Crippen LogP contribution is 2.31. The number of carbonyl (C=O) groups excluding carboxylic acids is 1. The number of nitrogens with zero attached hydrogens (tertiary/aromatic N) is 2. The van der Waals surface area contributed by atoms with Crippen LogP contribution >= 0.6 is 0 Å². The monoisotopic (exact) mass is 385 g/mol. The maximum atomic E-state index is 11.8. The molecule has 2 aliphatic rings. The first-order valence-corrected chi connectivity index (χ1v) is 10.5. The minimum absolute atomic E-state index is 0.147. The van der Waals surface area contributed by atoms with Gasteiger partial charge in [-0.3, -0.25) is 10.0 Å². The third-order valence-corrected chi connectivity index (χ3v) is 5.77. The Kier molecular flexibility index (Phi) is 7.60. The van der Waals surface area contributed by atoms with Crippen molar-refractivity contribution in [3.05, 3.63) is 42.1 Å². The summed E-state index contributed by atoms with van der Waals surface area (Å²) in [6.07, 6.45) is 20.0. The van der Waals surface area contributed by atoms with Crippen molar-refractivity contribution in [2.24, 2.45) is 11.8 Å². The van der Waals surface area contributed by atoms with Crippen LogP contribution in [-0.2, 0) is 4.79 Å². The Labute approximate surface area is 166 Å². The summed E-state index contributed by atoms with van der Waals surface area (Å²) in [7, 11) is 0. The van der Waals surface area contributed by atoms with E-state index < -0.39 is 5.91 Å². The average Bonchev–Trinajstić information content (AvgIpc) is 3.10. The van der Waals surface area contributed by atoms with E-state index in [0.29, 0.717) is 17.6 Å². The van der Waals surface area contributed by atoms with Gasteiger partial charge >= 0.3 is 0 Å². The molecule has 1 amide bonds. The first kappa shape index (κ1) is 20.5. The highest BCUT2D eigenvalue weighted by Gasteiger charge is 2.24. The van der Waals surface area contributed by atoms with E-state index in [-0.39, 0.29) is 12.3 Å². The molecule has 1 fully saturated rings. The molecule has 0 bridgehead atoms. The molecule has 0 aromatic carbocycles. The lowest BCUT2D eigenvalue weighted by atomic mass is 9.84. The van der Waals surface area contributed by atoms with Crippen molar-refractivity contribution in [3.8, 4) is 0 Å². The van der Waals surface area contributed by atoms with Gasteiger partial charge in [-0.05, 0) is 18.3 Å². The van der Waals surface area contributed by atoms with E-state index in [0.717, 1.165) is 24.3 Å². The molecule has 1 heterocycles. The molecule has 1 aromatic heterocycles. The second kappa shape index (κ2) is 10.4. The van der Waals surface area contributed by atoms with Gasteiger partial charge < -0.3 is 4.52 Å². The molecule has 152 valence electrons. The summed E-state index contributed by atoms with van der Waals surface area (Å²) in [6, 6.07) is 0. The molecule has 6 nitrogen and oxygen atoms in total. The van der Waals surface area contributed by atoms with Gasteiger partial charge in [-0.15, -0.1) is 0 Å². The Balaban J connectivity index is 1.65. The lowest BCUT2D eigenvalue weighted by Gasteiger charge is -2.22. The van der Waals surface area contributed by atoms with Crippen LogP contribution in [0, 0.1) is 11.8 Å². The van der Waals surface area contributed by atoms with E-state index in [1.54, 1.807) is 5.48 Å². The molecule has 2 aliphatic carbocycles. The third-order valence-electron chi connectivity index (χ3n) is 5.77. The molecular weight excluding hydrogens is 354 g/mol. The van der Waals surface area contributed by atoms with E-state index in [4.69, 9.17) is 9.73 Å². The number of hydrogen-bond acceptors (Lipinski definition) is 5. The van der Waals surface area contributed by atoms with E-state index in [1.165, 1.54) is 38.5 Å². The molecule has 28 heavy (non-hydrogen) atoms. The third kappa shape index (κ3) is 5.89. The fraction of sp³-hybridized carbons (Fsp3) is 0.591. The van der Waals surface area contributed by atoms with Gasteiger partial charge in [0.25, 0.3) is 0 Å². The number of hydrogen-bond donors (Lipinski definition) is 2. The van der Waals surface area contributed by atoms with Crippen molar-refractivity contribution in [3.63, 3.8) is 0 Å². The van der Waals surface area contributed by atoms with Gasteiger partial charge in [-0.2, -0.15) is 4.98 Å². The van der Waals surface area contributed by atoms with Gasteiger partial charge in [-0.25, -0.2) is 5.48 Å². The number of carbonyl (C=O) groups is 1. The van der Waals surface area contributed by atoms with Gasteiger partial charge in [-0.1, -0.05) is 87.4 Å². The van der Waals surface area contributed by atoms with E-state index >= 15 is 0 Å². The van der Waals surface area contributed by atoms with Crippen molar-refractivity contribution < 1.29 is 14.5 Å². The molecule has 6 heteroatoms. The largest absolute Gasteiger partial charge is 0.339 e. The van der Waals surface area contributed by atoms with Crippen molar-refractivity contribution in [1.29, 1.82) is 0 Å². The van der Waals surface area contributed by atoms with E-state index in [1.807, 2.05) is 18.2 Å². The summed E-state index contributed by atoms with van der Waals surface area (Å²) in [5.41, 5.74) is 2.62. The van der Waals surface area contributed by atoms with Crippen LogP contribution in [0.2, 0.25) is 0 Å². The topological polar surface area (TPSA) is 88.2 Å². The number of aromatic nitrogens is 2. The standard InChI is InChI=1S/C22H31N3O3/c1-16-7-5-11-18(14-13-16)21-23-22(28-25-21)19(15-20(26)24-27)12-6-10-17-8-3-2-4-9-17/h5,7,11,13-14,16-17,19,27H,2-4,6,8-10,12,15H2,1H3,(H,24,26). The molecule has 1 saturated carbocycles. The van der Waals surface area contributed by atoms with Crippen molar-refractivity contribution in [1.82, 2.24) is 15.6 Å². The summed E-state index contributed by atoms with van der Waals surface area (Å²) >= 11 is 0. The van der Waals surface area contributed by atoms with Crippen LogP contribution in [0.5, 0.6) is 0 Å². The summed E-state index contributed by atoms with van der Waals surface area (Å²) in [6.45, 7) is 2.11. The first-order valence-electron chi connectivity index (χ1n) is 10.5. The van der Waals surface area contributed by atoms with Crippen LogP contribution in [0.1, 0.15) is 82.3 Å². The predicted octanol–water partition coefficient (Wildman–Crippen LogP) is 4.94. The Hall–Kier alpha value is -2.21. The Bertz CT molecular complexity index is 729. The van der Waals surface area contributed by atoms with Gasteiger partial charge in [0.15, 0.2) is 0 Å². The maximum Gasteiger partial charge on any atom is 0.244 e. The molecule has 2 unspecified atom stereocenters. The normalized spacial score (nSPS) is 21.2. The predicted molar refractivity (Wildman–Crippen MR) is 107 cm³/mol. The Morgan fingerprint density at radius 1 is 1.32 bits per heavy atom. The maximum absolute atomic E-state index is 11.8. The first-order chi connectivity index (χ1) is 13.7. The zero-order valence-electron chi connectivity index (χ0n) is 16.6. The summed E-state index contributed by atoms with van der Waals surface area (Å²) in [5.74, 6) is 1.56. The van der Waals surface area contributed by atoms with Crippen molar-refractivity contribution in [2.75, 3.05) is 0 Å². The minimum Gasteiger partial charge on any atom is -0.339 e. The lowest BCUT2D eigenvalue weighted by molar-refractivity contribution is -0.129. The number of rotatable bonds is 8. The van der Waals surface area contributed by atoms with Gasteiger partial charge in [0, 0.05) is 17.9 Å². The zero-order valence-corrected chi connectivity index (χ0v) is 16.6. The average molecular weight is 386 g/mol. The van der Waals surface area contributed by atoms with E-state index in [9.17, 15) is 4.79 Å². The molecule has 0 spiro atoms. The van der Waals surface area contributed by atoms with Crippen LogP contribution in [0.4, 0.5) is 0 Å². The van der Waals surface area contributed by atoms with Gasteiger partial charge in [0.1, 0.15) is 0 Å². The van der Waals surface area contributed by atoms with E-state index in [2.05, 4.69) is 29.2 Å². The Morgan fingerprint density at radius 2 is 2.14 bits per heavy atom. The molecule has 0 radical (unpaired) electrons. The minimum atomic E-state index is -0.423. The molecule has 2 atom stereocenters. The zero-order chi connectivity index (χ0) is 19.8. The smallest absolute Gasteiger partial charge is 0.244 e. The number of allylic oxidation sites excluding steroid dienone is 6. The van der Waals surface area contributed by atoms with Gasteiger partial charge in [0.05, 0.1) is 0 Å². The summed E-state index contributed by atoms with van der Waals surface area (Å²) in [5, 5.41) is 13.1. The van der Waals surface area contributed by atoms with Crippen LogP contribution in [0.25, 0.3) is 5.57 Å². The number of amides is 1. The molecule has 1 aromatic rings. The lowest BCUT2D eigenvalue weighted by Crippen LogP contribution is -2.21. The SMILES string of the molecule is CC1C=CC=C(c2noc(C(CCCC3CCCCC3)CC(=O)NO)n2)C=C1. The second-order valence-corrected chi connectivity index (χ2v) is 8.05. The summed E-state index contributed by atoms with van der Waals surface area (Å²) in [4.78, 5) is 16.3. The fourth-order valence-electron chi connectivity index (χ4n) is 4.09. The molecule has 2 N–H and O–H groups in total. The van der Waals surface area contributed by atoms with Crippen molar-refractivity contribution in [2.45, 2.75) is 70.6 Å². The highest BCUT2D eigenvalue weighted by atomic mass is 16.5. The van der Waals surface area contributed by atoms with Crippen LogP contribution < -0.4 is 5.48 Å². The number of hydroxylamine groups is 1.